The fourth-order valence-electron chi connectivity index (χ4n) is 2.63. The van der Waals surface area contributed by atoms with Crippen molar-refractivity contribution in [1.82, 2.24) is 10.2 Å². The predicted octanol–water partition coefficient (Wildman–Crippen LogP) is 2.75. The molecule has 0 saturated carbocycles. The molecule has 6 nitrogen and oxygen atoms in total. The van der Waals surface area contributed by atoms with Crippen molar-refractivity contribution in [2.75, 3.05) is 30.4 Å². The van der Waals surface area contributed by atoms with Crippen molar-refractivity contribution >= 4 is 29.1 Å². The standard InChI is InChI=1S/C16H16ClFN4O2/c1-24-16(23)14-4-5-15(21-20-14)19-10-6-7-22(9-10)11-2-3-13(18)12(17)8-11/h2-5,8,10H,6-7,9H2,1H3,(H,19,21). The molecule has 24 heavy (non-hydrogen) atoms. The van der Waals surface area contributed by atoms with Gasteiger partial charge in [-0.1, -0.05) is 11.6 Å². The van der Waals surface area contributed by atoms with E-state index < -0.39 is 11.8 Å². The van der Waals surface area contributed by atoms with Crippen LogP contribution in [0.25, 0.3) is 0 Å². The van der Waals surface area contributed by atoms with Gasteiger partial charge in [0, 0.05) is 24.8 Å². The van der Waals surface area contributed by atoms with E-state index in [2.05, 4.69) is 25.2 Å². The molecule has 2 aromatic rings. The SMILES string of the molecule is COC(=O)c1ccc(NC2CCN(c3ccc(F)c(Cl)c3)C2)nn1. The monoisotopic (exact) mass is 350 g/mol. The van der Waals surface area contributed by atoms with Crippen LogP contribution in [-0.4, -0.2) is 42.4 Å². The zero-order valence-electron chi connectivity index (χ0n) is 13.0. The first-order valence-electron chi connectivity index (χ1n) is 7.45. The highest BCUT2D eigenvalue weighted by molar-refractivity contribution is 6.31. The molecule has 1 aromatic heterocycles. The fourth-order valence-corrected chi connectivity index (χ4v) is 2.80. The summed E-state index contributed by atoms with van der Waals surface area (Å²) in [6.45, 7) is 1.57. The van der Waals surface area contributed by atoms with Crippen molar-refractivity contribution in [3.63, 3.8) is 0 Å². The molecule has 0 spiro atoms. The molecule has 0 amide bonds. The summed E-state index contributed by atoms with van der Waals surface area (Å²) in [5.74, 6) is -0.351. The van der Waals surface area contributed by atoms with E-state index in [9.17, 15) is 9.18 Å². The Labute approximate surface area is 143 Å². The van der Waals surface area contributed by atoms with Gasteiger partial charge in [-0.3, -0.25) is 0 Å². The molecule has 126 valence electrons. The van der Waals surface area contributed by atoms with E-state index in [0.717, 1.165) is 25.2 Å². The molecule has 1 aliphatic heterocycles. The smallest absolute Gasteiger partial charge is 0.358 e. The average molecular weight is 351 g/mol. The average Bonchev–Trinajstić information content (AvgIpc) is 3.06. The van der Waals surface area contributed by atoms with Gasteiger partial charge < -0.3 is 15.0 Å². The molecule has 3 rings (SSSR count). The van der Waals surface area contributed by atoms with E-state index in [1.54, 1.807) is 24.3 Å². The lowest BCUT2D eigenvalue weighted by molar-refractivity contribution is 0.0593. The summed E-state index contributed by atoms with van der Waals surface area (Å²) in [6.07, 6.45) is 0.898. The van der Waals surface area contributed by atoms with Crippen LogP contribution in [0.5, 0.6) is 0 Å². The van der Waals surface area contributed by atoms with Crippen LogP contribution < -0.4 is 10.2 Å². The maximum absolute atomic E-state index is 13.3. The van der Waals surface area contributed by atoms with Crippen LogP contribution in [0.1, 0.15) is 16.9 Å². The second-order valence-corrected chi connectivity index (χ2v) is 5.88. The molecular formula is C16H16ClFN4O2. The zero-order chi connectivity index (χ0) is 17.1. The van der Waals surface area contributed by atoms with Crippen LogP contribution in [-0.2, 0) is 4.74 Å². The summed E-state index contributed by atoms with van der Waals surface area (Å²) >= 11 is 5.84. The Morgan fingerprint density at radius 1 is 1.38 bits per heavy atom. The summed E-state index contributed by atoms with van der Waals surface area (Å²) in [5, 5.41) is 11.2. The van der Waals surface area contributed by atoms with Crippen LogP contribution in [0.15, 0.2) is 30.3 Å². The van der Waals surface area contributed by atoms with Crippen LogP contribution in [0.3, 0.4) is 0 Å². The number of halogens is 2. The minimum absolute atomic E-state index is 0.119. The maximum Gasteiger partial charge on any atom is 0.358 e. The Hall–Kier alpha value is -2.41. The number of methoxy groups -OCH3 is 1. The molecule has 1 fully saturated rings. The van der Waals surface area contributed by atoms with Crippen molar-refractivity contribution in [2.24, 2.45) is 0 Å². The lowest BCUT2D eigenvalue weighted by atomic mass is 10.2. The van der Waals surface area contributed by atoms with Gasteiger partial charge in [0.2, 0.25) is 0 Å². The number of anilines is 2. The van der Waals surface area contributed by atoms with Crippen molar-refractivity contribution in [3.8, 4) is 0 Å². The summed E-state index contributed by atoms with van der Waals surface area (Å²) in [5.41, 5.74) is 1.05. The maximum atomic E-state index is 13.3. The number of rotatable bonds is 4. The topological polar surface area (TPSA) is 67.3 Å². The highest BCUT2D eigenvalue weighted by Crippen LogP contribution is 2.26. The molecule has 1 unspecified atom stereocenters. The lowest BCUT2D eigenvalue weighted by Gasteiger charge is -2.19. The van der Waals surface area contributed by atoms with Gasteiger partial charge in [-0.05, 0) is 36.8 Å². The molecule has 2 heterocycles. The summed E-state index contributed by atoms with van der Waals surface area (Å²) in [7, 11) is 1.30. The number of ether oxygens (including phenoxy) is 1. The first-order chi connectivity index (χ1) is 11.6. The van der Waals surface area contributed by atoms with E-state index in [-0.39, 0.29) is 16.8 Å². The van der Waals surface area contributed by atoms with Crippen molar-refractivity contribution < 1.29 is 13.9 Å². The Morgan fingerprint density at radius 2 is 2.21 bits per heavy atom. The van der Waals surface area contributed by atoms with Gasteiger partial charge >= 0.3 is 5.97 Å². The van der Waals surface area contributed by atoms with E-state index in [1.807, 2.05) is 0 Å². The number of hydrogen-bond acceptors (Lipinski definition) is 6. The minimum atomic E-state index is -0.519. The first kappa shape index (κ1) is 16.4. The zero-order valence-corrected chi connectivity index (χ0v) is 13.8. The second-order valence-electron chi connectivity index (χ2n) is 5.47. The van der Waals surface area contributed by atoms with Crippen molar-refractivity contribution in [1.29, 1.82) is 0 Å². The van der Waals surface area contributed by atoms with E-state index >= 15 is 0 Å². The Bertz CT molecular complexity index is 741. The molecule has 0 radical (unpaired) electrons. The fraction of sp³-hybridized carbons (Fsp3) is 0.312. The molecule has 0 aliphatic carbocycles. The number of nitrogens with zero attached hydrogens (tertiary/aromatic N) is 3. The molecule has 1 N–H and O–H groups in total. The van der Waals surface area contributed by atoms with Crippen LogP contribution in [0, 0.1) is 5.82 Å². The largest absolute Gasteiger partial charge is 0.464 e. The summed E-state index contributed by atoms with van der Waals surface area (Å²) < 4.78 is 17.8. The van der Waals surface area contributed by atoms with Crippen LogP contribution >= 0.6 is 11.6 Å². The van der Waals surface area contributed by atoms with Gasteiger partial charge in [0.1, 0.15) is 11.6 Å². The van der Waals surface area contributed by atoms with Gasteiger partial charge in [0.25, 0.3) is 0 Å². The van der Waals surface area contributed by atoms with Crippen molar-refractivity contribution in [3.05, 3.63) is 46.9 Å². The number of benzene rings is 1. The van der Waals surface area contributed by atoms with Crippen LogP contribution in [0.4, 0.5) is 15.9 Å². The second kappa shape index (κ2) is 7.00. The molecule has 1 atom stereocenters. The quantitative estimate of drug-likeness (QED) is 0.855. The van der Waals surface area contributed by atoms with E-state index in [1.165, 1.54) is 13.2 Å². The van der Waals surface area contributed by atoms with E-state index in [4.69, 9.17) is 11.6 Å². The molecule has 1 aliphatic rings. The molecule has 8 heteroatoms. The Kier molecular flexibility index (Phi) is 4.80. The normalized spacial score (nSPS) is 17.0. The van der Waals surface area contributed by atoms with Gasteiger partial charge in [0.15, 0.2) is 5.69 Å². The van der Waals surface area contributed by atoms with Gasteiger partial charge in [-0.25, -0.2) is 9.18 Å². The van der Waals surface area contributed by atoms with E-state index in [0.29, 0.717) is 5.82 Å². The molecule has 0 bridgehead atoms. The lowest BCUT2D eigenvalue weighted by Crippen LogP contribution is -2.26. The molecule has 1 saturated heterocycles. The highest BCUT2D eigenvalue weighted by Gasteiger charge is 2.23. The van der Waals surface area contributed by atoms with Crippen molar-refractivity contribution in [2.45, 2.75) is 12.5 Å². The number of hydrogen-bond donors (Lipinski definition) is 1. The van der Waals surface area contributed by atoms with Gasteiger partial charge in [-0.15, -0.1) is 10.2 Å². The number of carbonyl (C=O) groups excluding carboxylic acids is 1. The first-order valence-corrected chi connectivity index (χ1v) is 7.83. The Morgan fingerprint density at radius 3 is 2.88 bits per heavy atom. The highest BCUT2D eigenvalue weighted by atomic mass is 35.5. The summed E-state index contributed by atoms with van der Waals surface area (Å²) in [4.78, 5) is 13.5. The van der Waals surface area contributed by atoms with Crippen LogP contribution in [0.2, 0.25) is 5.02 Å². The van der Waals surface area contributed by atoms with Gasteiger partial charge in [0.05, 0.1) is 12.1 Å². The summed E-state index contributed by atoms with van der Waals surface area (Å²) in [6, 6.07) is 8.14. The molecule has 1 aromatic carbocycles. The molecular weight excluding hydrogens is 335 g/mol. The predicted molar refractivity (Wildman–Crippen MR) is 89.0 cm³/mol. The third-order valence-corrected chi connectivity index (χ3v) is 4.16. The number of esters is 1. The number of aromatic nitrogens is 2. The third-order valence-electron chi connectivity index (χ3n) is 3.87. The number of nitrogens with one attached hydrogen (secondary N) is 1. The van der Waals surface area contributed by atoms with Gasteiger partial charge in [-0.2, -0.15) is 0 Å². The Balaban J connectivity index is 1.61. The minimum Gasteiger partial charge on any atom is -0.464 e. The third kappa shape index (κ3) is 3.56. The number of carbonyl (C=O) groups is 1.